The van der Waals surface area contributed by atoms with Gasteiger partial charge in [-0.15, -0.1) is 11.3 Å². The summed E-state index contributed by atoms with van der Waals surface area (Å²) < 4.78 is 18.2. The molecule has 0 spiro atoms. The van der Waals surface area contributed by atoms with Crippen molar-refractivity contribution in [2.24, 2.45) is 0 Å². The summed E-state index contributed by atoms with van der Waals surface area (Å²) in [6.07, 6.45) is 14.4. The van der Waals surface area contributed by atoms with Crippen LogP contribution >= 0.6 is 11.3 Å². The molecule has 33 heavy (non-hydrogen) atoms. The molecule has 5 rings (SSSR count). The lowest BCUT2D eigenvalue weighted by molar-refractivity contribution is 0.0910. The fraction of sp³-hybridized carbons (Fsp3) is 0.429. The quantitative estimate of drug-likeness (QED) is 0.436. The molecule has 0 radical (unpaired) electrons. The number of allylic oxidation sites excluding steroid dienone is 4. The second-order valence-electron chi connectivity index (χ2n) is 8.95. The summed E-state index contributed by atoms with van der Waals surface area (Å²) in [5.74, 6) is 3.18. The summed E-state index contributed by atoms with van der Waals surface area (Å²) in [6, 6.07) is 10.6. The Morgan fingerprint density at radius 3 is 2.64 bits per heavy atom. The molecule has 2 atom stereocenters. The topological polar surface area (TPSA) is 30.9 Å². The predicted octanol–water partition coefficient (Wildman–Crippen LogP) is 6.69. The first-order valence-electron chi connectivity index (χ1n) is 12.1. The fourth-order valence-electron chi connectivity index (χ4n) is 4.92. The standard InChI is InChI=1S/C28H33NO3S/c1-30-24-12-14-25-21(20-24)7-13-26(27-6-5-19-33-27)28(25)32-23-10-8-22(9-11-23)31-18-17-29-15-3-2-4-16-29/h5-8,10,12-14,19-20,26,28H,2-4,9,11,15-18H2,1H3. The van der Waals surface area contributed by atoms with Gasteiger partial charge in [0.25, 0.3) is 0 Å². The van der Waals surface area contributed by atoms with Crippen LogP contribution in [0.3, 0.4) is 0 Å². The molecule has 174 valence electrons. The van der Waals surface area contributed by atoms with E-state index in [-0.39, 0.29) is 12.0 Å². The summed E-state index contributed by atoms with van der Waals surface area (Å²) in [5, 5.41) is 2.14. The fourth-order valence-corrected chi connectivity index (χ4v) is 5.75. The van der Waals surface area contributed by atoms with Gasteiger partial charge >= 0.3 is 0 Å². The number of nitrogens with zero attached hydrogens (tertiary/aromatic N) is 1. The van der Waals surface area contributed by atoms with E-state index >= 15 is 0 Å². The molecule has 0 saturated carbocycles. The van der Waals surface area contributed by atoms with Gasteiger partial charge < -0.3 is 14.2 Å². The molecule has 3 aliphatic rings. The number of thiophene rings is 1. The van der Waals surface area contributed by atoms with Gasteiger partial charge in [-0.1, -0.05) is 30.7 Å². The Bertz CT molecular complexity index is 1020. The number of rotatable bonds is 8. The van der Waals surface area contributed by atoms with E-state index < -0.39 is 0 Å². The third kappa shape index (κ3) is 5.36. The molecule has 2 aliphatic carbocycles. The minimum absolute atomic E-state index is 0.0456. The second kappa shape index (κ2) is 10.6. The number of ether oxygens (including phenoxy) is 3. The highest BCUT2D eigenvalue weighted by Crippen LogP contribution is 2.45. The van der Waals surface area contributed by atoms with Crippen LogP contribution in [-0.4, -0.2) is 38.3 Å². The van der Waals surface area contributed by atoms with Crippen LogP contribution in [0.2, 0.25) is 0 Å². The van der Waals surface area contributed by atoms with Crippen molar-refractivity contribution in [2.75, 3.05) is 33.4 Å². The Kier molecular flexibility index (Phi) is 7.18. The summed E-state index contributed by atoms with van der Waals surface area (Å²) in [5.41, 5.74) is 2.38. The first-order chi connectivity index (χ1) is 16.3. The molecule has 5 heteroatoms. The van der Waals surface area contributed by atoms with Crippen LogP contribution in [0, 0.1) is 0 Å². The van der Waals surface area contributed by atoms with Crippen molar-refractivity contribution in [3.8, 4) is 5.75 Å². The van der Waals surface area contributed by atoms with Crippen LogP contribution in [0.5, 0.6) is 5.75 Å². The van der Waals surface area contributed by atoms with E-state index in [2.05, 4.69) is 58.8 Å². The van der Waals surface area contributed by atoms with Crippen molar-refractivity contribution in [1.29, 1.82) is 0 Å². The van der Waals surface area contributed by atoms with Crippen molar-refractivity contribution in [1.82, 2.24) is 4.90 Å². The largest absolute Gasteiger partial charge is 0.497 e. The molecule has 1 aromatic heterocycles. The van der Waals surface area contributed by atoms with Crippen LogP contribution in [0.25, 0.3) is 6.08 Å². The van der Waals surface area contributed by atoms with Gasteiger partial charge in [0.05, 0.1) is 24.5 Å². The van der Waals surface area contributed by atoms with E-state index in [0.717, 1.165) is 43.3 Å². The molecule has 1 saturated heterocycles. The van der Waals surface area contributed by atoms with Crippen molar-refractivity contribution in [3.63, 3.8) is 0 Å². The highest BCUT2D eigenvalue weighted by molar-refractivity contribution is 7.10. The number of benzene rings is 1. The van der Waals surface area contributed by atoms with E-state index in [9.17, 15) is 0 Å². The lowest BCUT2D eigenvalue weighted by atomic mass is 9.85. The molecular formula is C28H33NO3S. The average Bonchev–Trinajstić information content (AvgIpc) is 3.40. The zero-order valence-corrected chi connectivity index (χ0v) is 20.2. The Balaban J connectivity index is 1.27. The number of piperidine rings is 1. The van der Waals surface area contributed by atoms with E-state index in [1.807, 2.05) is 6.07 Å². The third-order valence-electron chi connectivity index (χ3n) is 6.78. The van der Waals surface area contributed by atoms with E-state index in [1.54, 1.807) is 18.4 Å². The van der Waals surface area contributed by atoms with Crippen LogP contribution in [0.1, 0.15) is 60.1 Å². The second-order valence-corrected chi connectivity index (χ2v) is 9.93. The number of hydrogen-bond acceptors (Lipinski definition) is 5. The number of methoxy groups -OCH3 is 1. The number of hydrogen-bond donors (Lipinski definition) is 0. The summed E-state index contributed by atoms with van der Waals surface area (Å²) >= 11 is 1.79. The van der Waals surface area contributed by atoms with Gasteiger partial charge in [0, 0.05) is 29.8 Å². The van der Waals surface area contributed by atoms with Gasteiger partial charge in [-0.2, -0.15) is 0 Å². The lowest BCUT2D eigenvalue weighted by Gasteiger charge is -2.32. The van der Waals surface area contributed by atoms with E-state index in [1.165, 1.54) is 48.4 Å². The molecular weight excluding hydrogens is 430 g/mol. The molecule has 2 aromatic rings. The minimum atomic E-state index is -0.0456. The monoisotopic (exact) mass is 463 g/mol. The zero-order valence-electron chi connectivity index (χ0n) is 19.4. The Morgan fingerprint density at radius 2 is 1.88 bits per heavy atom. The van der Waals surface area contributed by atoms with E-state index in [0.29, 0.717) is 0 Å². The van der Waals surface area contributed by atoms with Gasteiger partial charge in [0.15, 0.2) is 0 Å². The van der Waals surface area contributed by atoms with Gasteiger partial charge in [-0.3, -0.25) is 4.90 Å². The zero-order chi connectivity index (χ0) is 22.5. The number of likely N-dealkylation sites (tertiary alicyclic amines) is 1. The minimum Gasteiger partial charge on any atom is -0.497 e. The molecule has 2 unspecified atom stereocenters. The molecule has 1 aliphatic heterocycles. The maximum Gasteiger partial charge on any atom is 0.135 e. The summed E-state index contributed by atoms with van der Waals surface area (Å²) in [6.45, 7) is 4.24. The smallest absolute Gasteiger partial charge is 0.135 e. The Morgan fingerprint density at radius 1 is 1.03 bits per heavy atom. The van der Waals surface area contributed by atoms with Crippen molar-refractivity contribution < 1.29 is 14.2 Å². The maximum atomic E-state index is 6.68. The molecule has 0 bridgehead atoms. The molecule has 0 N–H and O–H groups in total. The van der Waals surface area contributed by atoms with Crippen molar-refractivity contribution >= 4 is 17.4 Å². The highest BCUT2D eigenvalue weighted by Gasteiger charge is 2.31. The third-order valence-corrected chi connectivity index (χ3v) is 7.75. The first-order valence-corrected chi connectivity index (χ1v) is 13.0. The molecule has 4 nitrogen and oxygen atoms in total. The van der Waals surface area contributed by atoms with Gasteiger partial charge in [-0.25, -0.2) is 0 Å². The highest BCUT2D eigenvalue weighted by atomic mass is 32.1. The number of fused-ring (bicyclic) bond motifs is 1. The molecule has 1 aromatic carbocycles. The Labute approximate surface area is 201 Å². The molecule has 2 heterocycles. The van der Waals surface area contributed by atoms with Crippen molar-refractivity contribution in [3.05, 3.63) is 81.5 Å². The van der Waals surface area contributed by atoms with Gasteiger partial charge in [0.1, 0.15) is 18.5 Å². The van der Waals surface area contributed by atoms with Crippen LogP contribution in [0.4, 0.5) is 0 Å². The van der Waals surface area contributed by atoms with Crippen LogP contribution < -0.4 is 4.74 Å². The predicted molar refractivity (Wildman–Crippen MR) is 135 cm³/mol. The maximum absolute atomic E-state index is 6.68. The summed E-state index contributed by atoms with van der Waals surface area (Å²) in [7, 11) is 1.71. The Hall–Kier alpha value is -2.50. The molecule has 1 fully saturated rings. The van der Waals surface area contributed by atoms with E-state index in [4.69, 9.17) is 14.2 Å². The first kappa shape index (κ1) is 22.3. The molecule has 0 amide bonds. The van der Waals surface area contributed by atoms with Crippen LogP contribution in [-0.2, 0) is 9.47 Å². The SMILES string of the molecule is COc1ccc2c(c1)C=CC(c1cccs1)C2OC1=CC=C(OCCN2CCCCC2)CC1. The van der Waals surface area contributed by atoms with Gasteiger partial charge in [-0.05, 0) is 67.2 Å². The summed E-state index contributed by atoms with van der Waals surface area (Å²) in [4.78, 5) is 3.84. The van der Waals surface area contributed by atoms with Crippen LogP contribution in [0.15, 0.2) is 65.5 Å². The van der Waals surface area contributed by atoms with Gasteiger partial charge in [0.2, 0.25) is 0 Å². The van der Waals surface area contributed by atoms with Crippen molar-refractivity contribution in [2.45, 2.75) is 44.1 Å². The normalized spacial score (nSPS) is 22.8. The lowest BCUT2D eigenvalue weighted by Crippen LogP contribution is -2.32. The average molecular weight is 464 g/mol.